The topological polar surface area (TPSA) is 51.2 Å². The number of amides is 1. The highest BCUT2D eigenvalue weighted by molar-refractivity contribution is 5.91. The van der Waals surface area contributed by atoms with Gasteiger partial charge in [-0.05, 0) is 42.9 Å². The molecule has 4 nitrogen and oxygen atoms in total. The van der Waals surface area contributed by atoms with Gasteiger partial charge in [0.15, 0.2) is 0 Å². The number of likely N-dealkylation sites (N-methyl/N-ethyl adjacent to an activating group) is 1. The number of pyridine rings is 1. The molecule has 1 aliphatic rings. The van der Waals surface area contributed by atoms with E-state index < -0.39 is 0 Å². The molecule has 102 valence electrons. The molecule has 19 heavy (non-hydrogen) atoms. The summed E-state index contributed by atoms with van der Waals surface area (Å²) in [6, 6.07) is 4.04. The smallest absolute Gasteiger partial charge is 0.243 e. The first-order chi connectivity index (χ1) is 9.28. The molecule has 0 atom stereocenters. The minimum atomic E-state index is -0.105. The van der Waals surface area contributed by atoms with E-state index in [9.17, 15) is 4.79 Å². The van der Waals surface area contributed by atoms with Crippen LogP contribution in [0, 0.1) is 5.92 Å². The van der Waals surface area contributed by atoms with Gasteiger partial charge in [0.2, 0.25) is 5.91 Å². The van der Waals surface area contributed by atoms with Gasteiger partial charge in [-0.1, -0.05) is 6.07 Å². The van der Waals surface area contributed by atoms with Gasteiger partial charge in [-0.15, -0.1) is 0 Å². The fourth-order valence-electron chi connectivity index (χ4n) is 2.16. The molecule has 1 amide bonds. The van der Waals surface area contributed by atoms with Crippen LogP contribution in [0.25, 0.3) is 6.08 Å². The third-order valence-electron chi connectivity index (χ3n) is 3.36. The Balaban J connectivity index is 1.90. The van der Waals surface area contributed by atoms with Crippen LogP contribution in [0.1, 0.15) is 24.1 Å². The predicted molar refractivity (Wildman–Crippen MR) is 74.6 cm³/mol. The average molecular weight is 260 g/mol. The number of carbonyl (C=O) groups is 1. The average Bonchev–Trinajstić information content (AvgIpc) is 2.47. The molecule has 1 N–H and O–H groups in total. The minimum Gasteiger partial charge on any atom is -0.381 e. The molecule has 1 fully saturated rings. The first-order valence-corrected chi connectivity index (χ1v) is 6.70. The van der Waals surface area contributed by atoms with Crippen LogP contribution in [0.15, 0.2) is 24.4 Å². The van der Waals surface area contributed by atoms with E-state index in [1.54, 1.807) is 13.1 Å². The molecule has 2 heterocycles. The zero-order valence-electron chi connectivity index (χ0n) is 11.3. The Morgan fingerprint density at radius 2 is 2.26 bits per heavy atom. The van der Waals surface area contributed by atoms with Crippen molar-refractivity contribution in [1.82, 2.24) is 10.3 Å². The highest BCUT2D eigenvalue weighted by Crippen LogP contribution is 2.19. The molecular weight excluding hydrogens is 240 g/mol. The zero-order valence-corrected chi connectivity index (χ0v) is 11.3. The highest BCUT2D eigenvalue weighted by atomic mass is 16.5. The summed E-state index contributed by atoms with van der Waals surface area (Å²) in [6.45, 7) is 1.75. The summed E-state index contributed by atoms with van der Waals surface area (Å²) in [5, 5.41) is 2.54. The first-order valence-electron chi connectivity index (χ1n) is 6.70. The number of aromatic nitrogens is 1. The number of nitrogens with zero attached hydrogens (tertiary/aromatic N) is 1. The molecule has 1 aromatic heterocycles. The van der Waals surface area contributed by atoms with E-state index in [0.29, 0.717) is 5.92 Å². The highest BCUT2D eigenvalue weighted by Gasteiger charge is 2.14. The summed E-state index contributed by atoms with van der Waals surface area (Å²) in [4.78, 5) is 15.5. The van der Waals surface area contributed by atoms with Crippen LogP contribution in [0.3, 0.4) is 0 Å². The normalized spacial score (nSPS) is 16.7. The number of hydrogen-bond acceptors (Lipinski definition) is 3. The number of rotatable bonds is 4. The lowest BCUT2D eigenvalue weighted by atomic mass is 9.94. The fraction of sp³-hybridized carbons (Fsp3) is 0.467. The van der Waals surface area contributed by atoms with Crippen LogP contribution in [-0.2, 0) is 16.0 Å². The van der Waals surface area contributed by atoms with E-state index in [-0.39, 0.29) is 5.91 Å². The Hall–Kier alpha value is -1.68. The monoisotopic (exact) mass is 260 g/mol. The molecule has 4 heteroatoms. The van der Waals surface area contributed by atoms with Gasteiger partial charge in [-0.2, -0.15) is 0 Å². The van der Waals surface area contributed by atoms with Gasteiger partial charge < -0.3 is 10.1 Å². The second-order valence-electron chi connectivity index (χ2n) is 4.79. The molecule has 0 aliphatic carbocycles. The Morgan fingerprint density at radius 3 is 2.89 bits per heavy atom. The van der Waals surface area contributed by atoms with E-state index >= 15 is 0 Å². The second-order valence-corrected chi connectivity index (χ2v) is 4.79. The number of nitrogens with one attached hydrogen (secondary N) is 1. The van der Waals surface area contributed by atoms with Gasteiger partial charge in [0.25, 0.3) is 0 Å². The largest absolute Gasteiger partial charge is 0.381 e. The first kappa shape index (κ1) is 13.7. The van der Waals surface area contributed by atoms with Crippen molar-refractivity contribution in [2.45, 2.75) is 19.3 Å². The molecule has 2 rings (SSSR count). The summed E-state index contributed by atoms with van der Waals surface area (Å²) in [5.74, 6) is 0.583. The maximum absolute atomic E-state index is 11.1. The fourth-order valence-corrected chi connectivity index (χ4v) is 2.16. The van der Waals surface area contributed by atoms with Crippen LogP contribution < -0.4 is 5.32 Å². The molecule has 0 unspecified atom stereocenters. The lowest BCUT2D eigenvalue weighted by Crippen LogP contribution is -2.17. The Morgan fingerprint density at radius 1 is 1.47 bits per heavy atom. The van der Waals surface area contributed by atoms with E-state index in [1.165, 1.54) is 6.08 Å². The van der Waals surface area contributed by atoms with Crippen molar-refractivity contribution in [2.75, 3.05) is 20.3 Å². The second kappa shape index (κ2) is 7.04. The van der Waals surface area contributed by atoms with E-state index in [4.69, 9.17) is 4.74 Å². The summed E-state index contributed by atoms with van der Waals surface area (Å²) >= 11 is 0. The summed E-state index contributed by atoms with van der Waals surface area (Å²) < 4.78 is 5.35. The van der Waals surface area contributed by atoms with Crippen molar-refractivity contribution in [3.05, 3.63) is 35.7 Å². The molecule has 0 aromatic carbocycles. The number of ether oxygens (including phenoxy) is 1. The molecule has 0 saturated carbocycles. The van der Waals surface area contributed by atoms with Gasteiger partial charge >= 0.3 is 0 Å². The van der Waals surface area contributed by atoms with Crippen molar-refractivity contribution in [3.63, 3.8) is 0 Å². The van der Waals surface area contributed by atoms with Crippen LogP contribution in [0.5, 0.6) is 0 Å². The Labute approximate surface area is 113 Å². The SMILES string of the molecule is CNC(=O)/C=C/c1ccc(CC2CCOCC2)nc1. The van der Waals surface area contributed by atoms with Crippen LogP contribution in [0.4, 0.5) is 0 Å². The van der Waals surface area contributed by atoms with E-state index in [0.717, 1.165) is 43.7 Å². The van der Waals surface area contributed by atoms with Crippen molar-refractivity contribution < 1.29 is 9.53 Å². The third kappa shape index (κ3) is 4.48. The minimum absolute atomic E-state index is 0.105. The summed E-state index contributed by atoms with van der Waals surface area (Å²) in [6.07, 6.45) is 8.36. The molecule has 1 aromatic rings. The van der Waals surface area contributed by atoms with Crippen molar-refractivity contribution in [1.29, 1.82) is 0 Å². The quantitative estimate of drug-likeness (QED) is 0.840. The van der Waals surface area contributed by atoms with Crippen molar-refractivity contribution in [3.8, 4) is 0 Å². The predicted octanol–water partition coefficient (Wildman–Crippen LogP) is 1.81. The molecular formula is C15H20N2O2. The van der Waals surface area contributed by atoms with Crippen LogP contribution >= 0.6 is 0 Å². The molecule has 0 bridgehead atoms. The number of hydrogen-bond donors (Lipinski definition) is 1. The van der Waals surface area contributed by atoms with Gasteiger partial charge in [-0.3, -0.25) is 9.78 Å². The standard InChI is InChI=1S/C15H20N2O2/c1-16-15(18)5-3-13-2-4-14(17-11-13)10-12-6-8-19-9-7-12/h2-5,11-12H,6-10H2,1H3,(H,16,18)/b5-3+. The third-order valence-corrected chi connectivity index (χ3v) is 3.36. The Bertz CT molecular complexity index is 434. The van der Waals surface area contributed by atoms with Gasteiger partial charge in [-0.25, -0.2) is 0 Å². The van der Waals surface area contributed by atoms with Gasteiger partial charge in [0.05, 0.1) is 0 Å². The molecule has 0 radical (unpaired) electrons. The van der Waals surface area contributed by atoms with Crippen LogP contribution in [-0.4, -0.2) is 31.2 Å². The van der Waals surface area contributed by atoms with Crippen molar-refractivity contribution >= 4 is 12.0 Å². The maximum atomic E-state index is 11.1. The lowest BCUT2D eigenvalue weighted by Gasteiger charge is -2.21. The molecule has 1 aliphatic heterocycles. The summed E-state index contributed by atoms with van der Waals surface area (Å²) in [5.41, 5.74) is 2.06. The van der Waals surface area contributed by atoms with Crippen LogP contribution in [0.2, 0.25) is 0 Å². The summed E-state index contributed by atoms with van der Waals surface area (Å²) in [7, 11) is 1.61. The Kier molecular flexibility index (Phi) is 5.10. The van der Waals surface area contributed by atoms with E-state index in [1.807, 2.05) is 18.3 Å². The van der Waals surface area contributed by atoms with E-state index in [2.05, 4.69) is 10.3 Å². The van der Waals surface area contributed by atoms with Crippen molar-refractivity contribution in [2.24, 2.45) is 5.92 Å². The molecule has 1 saturated heterocycles. The number of carbonyl (C=O) groups excluding carboxylic acids is 1. The lowest BCUT2D eigenvalue weighted by molar-refractivity contribution is -0.115. The zero-order chi connectivity index (χ0) is 13.5. The van der Waals surface area contributed by atoms with Gasteiger partial charge in [0.1, 0.15) is 0 Å². The van der Waals surface area contributed by atoms with Gasteiger partial charge in [0, 0.05) is 38.2 Å². The molecule has 0 spiro atoms. The maximum Gasteiger partial charge on any atom is 0.243 e.